The van der Waals surface area contributed by atoms with Gasteiger partial charge in [0, 0.05) is 17.1 Å². The summed E-state index contributed by atoms with van der Waals surface area (Å²) in [5, 5.41) is 23.9. The Balaban J connectivity index is 2.13. The minimum Gasteiger partial charge on any atom is -0.545 e. The molecule has 0 atom stereocenters. The van der Waals surface area contributed by atoms with Crippen molar-refractivity contribution in [3.63, 3.8) is 0 Å². The number of carboxylic acid groups (broad SMARTS) is 1. The Morgan fingerprint density at radius 3 is 2.81 bits per heavy atom. The van der Waals surface area contributed by atoms with Crippen molar-refractivity contribution in [2.45, 2.75) is 0 Å². The Morgan fingerprint density at radius 1 is 1.37 bits per heavy atom. The van der Waals surface area contributed by atoms with Crippen LogP contribution >= 0.6 is 34.5 Å². The second kappa shape index (κ2) is 7.84. The molecule has 0 fully saturated rings. The van der Waals surface area contributed by atoms with Gasteiger partial charge in [-0.25, -0.2) is 0 Å². The molecule has 1 aromatic carbocycles. The van der Waals surface area contributed by atoms with Gasteiger partial charge in [0.25, 0.3) is 0 Å². The van der Waals surface area contributed by atoms with Gasteiger partial charge in [0.1, 0.15) is 11.8 Å². The molecule has 0 spiro atoms. The molecule has 136 valence electrons. The molecule has 1 N–H and O–H groups in total. The Labute approximate surface area is 168 Å². The zero-order valence-corrected chi connectivity index (χ0v) is 16.1. The molecule has 0 aliphatic carbocycles. The lowest BCUT2D eigenvalue weighted by Crippen LogP contribution is -2.18. The van der Waals surface area contributed by atoms with Gasteiger partial charge in [0.15, 0.2) is 0 Å². The van der Waals surface area contributed by atoms with Crippen LogP contribution in [0.5, 0.6) is 5.75 Å². The number of anilines is 2. The first-order valence-corrected chi connectivity index (χ1v) is 9.02. The highest BCUT2D eigenvalue weighted by Crippen LogP contribution is 2.39. The molecule has 0 saturated heterocycles. The Bertz CT molecular complexity index is 1120. The maximum Gasteiger partial charge on any atom is 0.139 e. The predicted molar refractivity (Wildman–Crippen MR) is 105 cm³/mol. The van der Waals surface area contributed by atoms with Crippen molar-refractivity contribution in [2.75, 3.05) is 12.4 Å². The van der Waals surface area contributed by atoms with Gasteiger partial charge in [-0.05, 0) is 24.3 Å². The van der Waals surface area contributed by atoms with E-state index in [9.17, 15) is 15.2 Å². The highest BCUT2D eigenvalue weighted by atomic mass is 35.5. The molecule has 0 radical (unpaired) electrons. The van der Waals surface area contributed by atoms with Gasteiger partial charge in [0.2, 0.25) is 0 Å². The fraction of sp³-hybridized carbons (Fsp3) is 0.0556. The van der Waals surface area contributed by atoms with Crippen LogP contribution in [0.3, 0.4) is 0 Å². The lowest BCUT2D eigenvalue weighted by molar-refractivity contribution is -0.297. The van der Waals surface area contributed by atoms with E-state index in [-0.39, 0.29) is 0 Å². The number of hydrogen-bond donors (Lipinski definition) is 1. The van der Waals surface area contributed by atoms with Crippen LogP contribution < -0.4 is 15.2 Å². The van der Waals surface area contributed by atoms with E-state index < -0.39 is 5.97 Å². The smallest absolute Gasteiger partial charge is 0.139 e. The fourth-order valence-corrected chi connectivity index (χ4v) is 3.88. The van der Waals surface area contributed by atoms with Gasteiger partial charge < -0.3 is 20.0 Å². The number of aliphatic carboxylic acids is 1. The number of pyridine rings is 1. The number of hydrogen-bond acceptors (Lipinski definition) is 7. The topological polar surface area (TPSA) is 98.1 Å². The van der Waals surface area contributed by atoms with E-state index in [2.05, 4.69) is 16.4 Å². The molecule has 0 amide bonds. The van der Waals surface area contributed by atoms with E-state index in [1.165, 1.54) is 36.8 Å². The van der Waals surface area contributed by atoms with Crippen molar-refractivity contribution >= 4 is 68.2 Å². The summed E-state index contributed by atoms with van der Waals surface area (Å²) in [5.41, 5.74) is 1.93. The van der Waals surface area contributed by atoms with Crippen molar-refractivity contribution in [3.05, 3.63) is 51.0 Å². The monoisotopic (exact) mass is 418 g/mol. The van der Waals surface area contributed by atoms with Gasteiger partial charge in [-0.1, -0.05) is 23.2 Å². The molecule has 0 saturated carbocycles. The molecule has 0 bridgehead atoms. The summed E-state index contributed by atoms with van der Waals surface area (Å²) in [6.45, 7) is 0. The van der Waals surface area contributed by atoms with Crippen molar-refractivity contribution in [3.8, 4) is 11.8 Å². The minimum atomic E-state index is -1.29. The molecule has 2 aromatic heterocycles. The standard InChI is InChI=1S/C18H11Cl2N3O3S/c1-26-15-6-13(11(19)5-12(15)20)23-17-9(7-21)8-22-14-4-10(27-18(14)17)2-3-16(24)25/h2-6,8H,1H3,(H,22,23)(H,24,25)/p-1/b3-2+. The second-order valence-corrected chi connectivity index (χ2v) is 7.16. The Kier molecular flexibility index (Phi) is 5.51. The molecular weight excluding hydrogens is 409 g/mol. The molecule has 3 rings (SSSR count). The zero-order valence-electron chi connectivity index (χ0n) is 13.7. The molecule has 0 aliphatic heterocycles. The summed E-state index contributed by atoms with van der Waals surface area (Å²) < 4.78 is 5.88. The van der Waals surface area contributed by atoms with Crippen LogP contribution in [0.15, 0.2) is 30.5 Å². The molecule has 9 heteroatoms. The maximum atomic E-state index is 10.6. The molecule has 3 aromatic rings. The number of carbonyl (C=O) groups is 1. The summed E-state index contributed by atoms with van der Waals surface area (Å²) in [4.78, 5) is 15.5. The average molecular weight is 419 g/mol. The summed E-state index contributed by atoms with van der Waals surface area (Å²) in [6.07, 6.45) is 3.78. The number of aromatic nitrogens is 1. The van der Waals surface area contributed by atoms with Crippen molar-refractivity contribution in [1.29, 1.82) is 5.26 Å². The van der Waals surface area contributed by atoms with Crippen LogP contribution in [0.1, 0.15) is 10.4 Å². The maximum absolute atomic E-state index is 10.6. The van der Waals surface area contributed by atoms with Crippen molar-refractivity contribution in [1.82, 2.24) is 4.98 Å². The summed E-state index contributed by atoms with van der Waals surface area (Å²) in [7, 11) is 1.49. The molecule has 27 heavy (non-hydrogen) atoms. The Morgan fingerprint density at radius 2 is 2.15 bits per heavy atom. The predicted octanol–water partition coefficient (Wildman–Crippen LogP) is 3.99. The van der Waals surface area contributed by atoms with Crippen LogP contribution in [0, 0.1) is 11.3 Å². The average Bonchev–Trinajstić information content (AvgIpc) is 3.05. The number of benzene rings is 1. The summed E-state index contributed by atoms with van der Waals surface area (Å²) >= 11 is 13.6. The van der Waals surface area contributed by atoms with Crippen LogP contribution in [-0.2, 0) is 4.79 Å². The van der Waals surface area contributed by atoms with Gasteiger partial charge in [0.05, 0.1) is 50.3 Å². The first-order chi connectivity index (χ1) is 12.9. The number of fused-ring (bicyclic) bond motifs is 1. The third-order valence-corrected chi connectivity index (χ3v) is 5.28. The van der Waals surface area contributed by atoms with Gasteiger partial charge in [-0.2, -0.15) is 5.26 Å². The lowest BCUT2D eigenvalue weighted by Gasteiger charge is -2.13. The number of methoxy groups -OCH3 is 1. The van der Waals surface area contributed by atoms with Gasteiger partial charge in [-0.3, -0.25) is 4.98 Å². The van der Waals surface area contributed by atoms with Crippen molar-refractivity contribution < 1.29 is 14.6 Å². The molecule has 6 nitrogen and oxygen atoms in total. The van der Waals surface area contributed by atoms with Gasteiger partial charge >= 0.3 is 0 Å². The highest BCUT2D eigenvalue weighted by Gasteiger charge is 2.15. The minimum absolute atomic E-state index is 0.310. The second-order valence-electron chi connectivity index (χ2n) is 5.27. The molecular formula is C18H10Cl2N3O3S-. The van der Waals surface area contributed by atoms with E-state index in [4.69, 9.17) is 27.9 Å². The number of ether oxygens (including phenoxy) is 1. The van der Waals surface area contributed by atoms with Crippen molar-refractivity contribution in [2.24, 2.45) is 0 Å². The molecule has 0 unspecified atom stereocenters. The number of rotatable bonds is 5. The first kappa shape index (κ1) is 19.0. The number of halogens is 2. The van der Waals surface area contributed by atoms with Crippen LogP contribution in [0.2, 0.25) is 10.0 Å². The largest absolute Gasteiger partial charge is 0.545 e. The van der Waals surface area contributed by atoms with Crippen LogP contribution in [0.25, 0.3) is 16.3 Å². The number of carbonyl (C=O) groups excluding carboxylic acids is 1. The number of thiophene rings is 1. The highest BCUT2D eigenvalue weighted by molar-refractivity contribution is 7.20. The Hall–Kier alpha value is -2.79. The van der Waals surface area contributed by atoms with E-state index >= 15 is 0 Å². The molecule has 2 heterocycles. The molecule has 0 aliphatic rings. The summed E-state index contributed by atoms with van der Waals surface area (Å²) in [5.74, 6) is -0.868. The van der Waals surface area contributed by atoms with E-state index in [1.54, 1.807) is 12.1 Å². The first-order valence-electron chi connectivity index (χ1n) is 7.44. The number of nitrogens with one attached hydrogen (secondary N) is 1. The third-order valence-electron chi connectivity index (χ3n) is 3.57. The van der Waals surface area contributed by atoms with Crippen LogP contribution in [0.4, 0.5) is 11.4 Å². The van der Waals surface area contributed by atoms with E-state index in [0.29, 0.717) is 47.8 Å². The quantitative estimate of drug-likeness (QED) is 0.628. The SMILES string of the molecule is COc1cc(Nc2c(C#N)cnc3cc(/C=C/C(=O)[O-])sc23)c(Cl)cc1Cl. The normalized spacial score (nSPS) is 10.9. The lowest BCUT2D eigenvalue weighted by atomic mass is 10.2. The van der Waals surface area contributed by atoms with E-state index in [0.717, 1.165) is 6.08 Å². The fourth-order valence-electron chi connectivity index (χ4n) is 2.35. The van der Waals surface area contributed by atoms with E-state index in [1.807, 2.05) is 0 Å². The van der Waals surface area contributed by atoms with Crippen LogP contribution in [-0.4, -0.2) is 18.1 Å². The third kappa shape index (κ3) is 3.98. The number of nitrogens with zero attached hydrogens (tertiary/aromatic N) is 2. The summed E-state index contributed by atoms with van der Waals surface area (Å²) in [6, 6.07) is 6.97. The number of nitriles is 1. The number of carboxylic acids is 1. The zero-order chi connectivity index (χ0) is 19.6. The van der Waals surface area contributed by atoms with Gasteiger partial charge in [-0.15, -0.1) is 11.3 Å².